The summed E-state index contributed by atoms with van der Waals surface area (Å²) in [5.74, 6) is -0.848. The molecule has 0 aromatic heterocycles. The predicted octanol–water partition coefficient (Wildman–Crippen LogP) is 23.0. The minimum Gasteiger partial charge on any atom is -0.462 e. The van der Waals surface area contributed by atoms with Crippen molar-refractivity contribution in [2.45, 2.75) is 386 Å². The quantitative estimate of drug-likeness (QED) is 0.0261. The Morgan fingerprint density at radius 1 is 0.267 bits per heavy atom. The van der Waals surface area contributed by atoms with Crippen molar-refractivity contribution >= 4 is 17.9 Å². The number of allylic oxidation sites excluding steroid dienone is 4. The second-order valence-corrected chi connectivity index (χ2v) is 23.1. The monoisotopic (exact) mass is 1050 g/mol. The molecule has 1 unspecified atom stereocenters. The van der Waals surface area contributed by atoms with Gasteiger partial charge in [-0.25, -0.2) is 0 Å². The van der Waals surface area contributed by atoms with Crippen molar-refractivity contribution in [1.82, 2.24) is 0 Å². The van der Waals surface area contributed by atoms with Crippen LogP contribution in [-0.2, 0) is 28.6 Å². The molecule has 1 atom stereocenters. The summed E-state index contributed by atoms with van der Waals surface area (Å²) < 4.78 is 16.8. The number of hydrogen-bond donors (Lipinski definition) is 0. The topological polar surface area (TPSA) is 78.9 Å². The summed E-state index contributed by atoms with van der Waals surface area (Å²) in [5, 5.41) is 0. The van der Waals surface area contributed by atoms with Crippen LogP contribution in [0, 0.1) is 0 Å². The molecular weight excluding hydrogens is 925 g/mol. The lowest BCUT2D eigenvalue weighted by atomic mass is 10.0. The summed E-state index contributed by atoms with van der Waals surface area (Å²) in [6, 6.07) is 0. The van der Waals surface area contributed by atoms with Gasteiger partial charge in [0, 0.05) is 19.3 Å². The number of unbranched alkanes of at least 4 members (excludes halogenated alkanes) is 48. The number of esters is 3. The Bertz CT molecular complexity index is 1210. The molecule has 0 aromatic carbocycles. The highest BCUT2D eigenvalue weighted by Crippen LogP contribution is 2.18. The zero-order valence-corrected chi connectivity index (χ0v) is 50.8. The lowest BCUT2D eigenvalue weighted by Crippen LogP contribution is -2.30. The van der Waals surface area contributed by atoms with E-state index in [1.165, 1.54) is 276 Å². The van der Waals surface area contributed by atoms with Crippen LogP contribution in [0.3, 0.4) is 0 Å². The van der Waals surface area contributed by atoms with Gasteiger partial charge in [-0.15, -0.1) is 0 Å². The van der Waals surface area contributed by atoms with E-state index in [1.54, 1.807) is 0 Å². The molecule has 442 valence electrons. The number of rotatable bonds is 63. The van der Waals surface area contributed by atoms with Crippen molar-refractivity contribution in [3.05, 3.63) is 24.3 Å². The first-order valence-electron chi connectivity index (χ1n) is 33.8. The van der Waals surface area contributed by atoms with E-state index >= 15 is 0 Å². The summed E-state index contributed by atoms with van der Waals surface area (Å²) in [5.41, 5.74) is 0. The van der Waals surface area contributed by atoms with Crippen LogP contribution in [0.4, 0.5) is 0 Å². The molecule has 0 fully saturated rings. The highest BCUT2D eigenvalue weighted by atomic mass is 16.6. The van der Waals surface area contributed by atoms with Gasteiger partial charge in [0.05, 0.1) is 0 Å². The van der Waals surface area contributed by atoms with Gasteiger partial charge in [0.15, 0.2) is 6.10 Å². The Balaban J connectivity index is 3.87. The molecule has 6 nitrogen and oxygen atoms in total. The smallest absolute Gasteiger partial charge is 0.306 e. The van der Waals surface area contributed by atoms with Crippen molar-refractivity contribution in [2.24, 2.45) is 0 Å². The SMILES string of the molecule is CCCCCCC/C=C\C/C=C\CCCCCCCCCCCCCCCCCCCCCCCCCC(=O)OCC(COC(=O)CCCCCCCC)OC(=O)CCCCCCCCCCCCCCCCCC. The number of hydrogen-bond acceptors (Lipinski definition) is 6. The average molecular weight is 1060 g/mol. The maximum absolute atomic E-state index is 12.8. The molecule has 0 aliphatic carbocycles. The predicted molar refractivity (Wildman–Crippen MR) is 326 cm³/mol. The summed E-state index contributed by atoms with van der Waals surface area (Å²) in [7, 11) is 0. The molecular formula is C69H130O6. The van der Waals surface area contributed by atoms with Gasteiger partial charge in [-0.2, -0.15) is 0 Å². The highest BCUT2D eigenvalue weighted by molar-refractivity contribution is 5.71. The molecule has 0 amide bonds. The molecule has 0 aliphatic heterocycles. The first-order valence-corrected chi connectivity index (χ1v) is 33.8. The molecule has 0 spiro atoms. The minimum atomic E-state index is -0.762. The van der Waals surface area contributed by atoms with Crippen LogP contribution in [0.15, 0.2) is 24.3 Å². The lowest BCUT2D eigenvalue weighted by molar-refractivity contribution is -0.167. The van der Waals surface area contributed by atoms with Crippen molar-refractivity contribution in [2.75, 3.05) is 13.2 Å². The fourth-order valence-electron chi connectivity index (χ4n) is 10.4. The van der Waals surface area contributed by atoms with Gasteiger partial charge >= 0.3 is 17.9 Å². The zero-order chi connectivity index (χ0) is 54.3. The molecule has 0 heterocycles. The average Bonchev–Trinajstić information content (AvgIpc) is 3.41. The fraction of sp³-hybridized carbons (Fsp3) is 0.899. The molecule has 6 heteroatoms. The number of carbonyl (C=O) groups is 3. The van der Waals surface area contributed by atoms with E-state index in [9.17, 15) is 14.4 Å². The van der Waals surface area contributed by atoms with Crippen molar-refractivity contribution < 1.29 is 28.6 Å². The number of carbonyl (C=O) groups excluding carboxylic acids is 3. The maximum atomic E-state index is 12.8. The Labute approximate surface area is 468 Å². The van der Waals surface area contributed by atoms with Crippen molar-refractivity contribution in [3.8, 4) is 0 Å². The van der Waals surface area contributed by atoms with Gasteiger partial charge in [-0.1, -0.05) is 334 Å². The molecule has 0 bridgehead atoms. The standard InChI is InChI=1S/C69H130O6/c1-4-7-10-13-16-18-20-22-24-26-27-28-29-30-31-32-33-34-35-36-37-38-39-40-41-42-43-44-46-47-49-51-53-56-59-62-68(71)74-65-66(64-73-67(70)61-58-55-15-12-9-6-3)75-69(72)63-60-57-54-52-50-48-45-25-23-21-19-17-14-11-8-5-2/h20,22,26-27,66H,4-19,21,23-25,28-65H2,1-3H3/b22-20-,27-26-. The van der Waals surface area contributed by atoms with Gasteiger partial charge in [-0.05, 0) is 51.4 Å². The third-order valence-electron chi connectivity index (χ3n) is 15.5. The molecule has 0 aromatic rings. The van der Waals surface area contributed by atoms with Crippen LogP contribution in [0.1, 0.15) is 380 Å². The van der Waals surface area contributed by atoms with Gasteiger partial charge in [0.1, 0.15) is 13.2 Å². The van der Waals surface area contributed by atoms with E-state index in [1.807, 2.05) is 0 Å². The van der Waals surface area contributed by atoms with Crippen LogP contribution in [-0.4, -0.2) is 37.2 Å². The Kier molecular flexibility index (Phi) is 62.6. The van der Waals surface area contributed by atoms with E-state index in [4.69, 9.17) is 14.2 Å². The first kappa shape index (κ1) is 72.9. The van der Waals surface area contributed by atoms with Gasteiger partial charge in [-0.3, -0.25) is 14.4 Å². The highest BCUT2D eigenvalue weighted by Gasteiger charge is 2.19. The van der Waals surface area contributed by atoms with E-state index in [2.05, 4.69) is 45.1 Å². The van der Waals surface area contributed by atoms with Gasteiger partial charge in [0.25, 0.3) is 0 Å². The van der Waals surface area contributed by atoms with Crippen molar-refractivity contribution in [1.29, 1.82) is 0 Å². The molecule has 0 saturated heterocycles. The minimum absolute atomic E-state index is 0.0641. The fourth-order valence-corrected chi connectivity index (χ4v) is 10.4. The van der Waals surface area contributed by atoms with Crippen LogP contribution in [0.25, 0.3) is 0 Å². The number of ether oxygens (including phenoxy) is 3. The van der Waals surface area contributed by atoms with Gasteiger partial charge in [0.2, 0.25) is 0 Å². The summed E-state index contributed by atoms with van der Waals surface area (Å²) in [6.07, 6.45) is 78.3. The molecule has 0 N–H and O–H groups in total. The molecule has 0 radical (unpaired) electrons. The summed E-state index contributed by atoms with van der Waals surface area (Å²) in [6.45, 7) is 6.63. The van der Waals surface area contributed by atoms with E-state index < -0.39 is 6.10 Å². The van der Waals surface area contributed by atoms with Crippen LogP contribution < -0.4 is 0 Å². The third-order valence-corrected chi connectivity index (χ3v) is 15.5. The Morgan fingerprint density at radius 3 is 0.733 bits per heavy atom. The van der Waals surface area contributed by atoms with E-state index in [0.717, 1.165) is 64.2 Å². The lowest BCUT2D eigenvalue weighted by Gasteiger charge is -2.18. The third kappa shape index (κ3) is 62.6. The van der Waals surface area contributed by atoms with E-state index in [0.29, 0.717) is 19.3 Å². The Morgan fingerprint density at radius 2 is 0.480 bits per heavy atom. The van der Waals surface area contributed by atoms with Crippen LogP contribution in [0.2, 0.25) is 0 Å². The van der Waals surface area contributed by atoms with Crippen molar-refractivity contribution in [3.63, 3.8) is 0 Å². The van der Waals surface area contributed by atoms with E-state index in [-0.39, 0.29) is 31.1 Å². The largest absolute Gasteiger partial charge is 0.462 e. The summed E-state index contributed by atoms with van der Waals surface area (Å²) >= 11 is 0. The normalized spacial score (nSPS) is 12.1. The first-order chi connectivity index (χ1) is 37.0. The molecule has 0 aliphatic rings. The van der Waals surface area contributed by atoms with Gasteiger partial charge < -0.3 is 14.2 Å². The Hall–Kier alpha value is -2.11. The second kappa shape index (κ2) is 64.4. The molecule has 0 rings (SSSR count). The summed E-state index contributed by atoms with van der Waals surface area (Å²) in [4.78, 5) is 38.0. The molecule has 0 saturated carbocycles. The molecule has 75 heavy (non-hydrogen) atoms. The zero-order valence-electron chi connectivity index (χ0n) is 50.8. The maximum Gasteiger partial charge on any atom is 0.306 e. The van der Waals surface area contributed by atoms with Crippen LogP contribution in [0.5, 0.6) is 0 Å². The van der Waals surface area contributed by atoms with Crippen LogP contribution >= 0.6 is 0 Å². The second-order valence-electron chi connectivity index (χ2n) is 23.1.